The van der Waals surface area contributed by atoms with Crippen molar-refractivity contribution in [3.63, 3.8) is 0 Å². The van der Waals surface area contributed by atoms with E-state index in [2.05, 4.69) is 15.4 Å². The SMILES string of the molecule is CCOC(=O)NCC1NC(=O)NC1=O. The van der Waals surface area contributed by atoms with Crippen molar-refractivity contribution in [3.05, 3.63) is 0 Å². The summed E-state index contributed by atoms with van der Waals surface area (Å²) in [5, 5.41) is 6.71. The summed E-state index contributed by atoms with van der Waals surface area (Å²) in [6.07, 6.45) is -0.610. The number of hydrogen-bond acceptors (Lipinski definition) is 4. The number of ether oxygens (including phenoxy) is 1. The van der Waals surface area contributed by atoms with Crippen LogP contribution < -0.4 is 16.0 Å². The summed E-state index contributed by atoms with van der Waals surface area (Å²) in [5.74, 6) is -0.452. The lowest BCUT2D eigenvalue weighted by molar-refractivity contribution is -0.120. The lowest BCUT2D eigenvalue weighted by atomic mass is 10.3. The van der Waals surface area contributed by atoms with Crippen molar-refractivity contribution in [3.8, 4) is 0 Å². The summed E-state index contributed by atoms with van der Waals surface area (Å²) >= 11 is 0. The van der Waals surface area contributed by atoms with Crippen LogP contribution in [0.3, 0.4) is 0 Å². The Kier molecular flexibility index (Phi) is 3.27. The predicted molar refractivity (Wildman–Crippen MR) is 45.5 cm³/mol. The predicted octanol–water partition coefficient (Wildman–Crippen LogP) is -1.06. The maximum Gasteiger partial charge on any atom is 0.407 e. The van der Waals surface area contributed by atoms with Gasteiger partial charge in [-0.2, -0.15) is 0 Å². The van der Waals surface area contributed by atoms with Gasteiger partial charge in [-0.3, -0.25) is 10.1 Å². The number of hydrogen-bond donors (Lipinski definition) is 3. The van der Waals surface area contributed by atoms with Gasteiger partial charge in [-0.1, -0.05) is 0 Å². The first-order valence-corrected chi connectivity index (χ1v) is 4.15. The normalized spacial score (nSPS) is 19.9. The van der Waals surface area contributed by atoms with E-state index in [1.807, 2.05) is 5.32 Å². The maximum atomic E-state index is 11.0. The molecule has 0 bridgehead atoms. The summed E-state index contributed by atoms with van der Waals surface area (Å²) in [6.45, 7) is 1.95. The molecule has 7 heteroatoms. The lowest BCUT2D eigenvalue weighted by Gasteiger charge is -2.08. The number of carbonyl (C=O) groups is 3. The Labute approximate surface area is 80.2 Å². The van der Waals surface area contributed by atoms with Crippen LogP contribution in [0, 0.1) is 0 Å². The van der Waals surface area contributed by atoms with Gasteiger partial charge in [-0.05, 0) is 6.92 Å². The average molecular weight is 201 g/mol. The molecule has 1 fully saturated rings. The Morgan fingerprint density at radius 2 is 2.29 bits per heavy atom. The third kappa shape index (κ3) is 2.61. The standard InChI is InChI=1S/C7H11N3O4/c1-2-14-7(13)8-3-4-5(11)10-6(12)9-4/h4H,2-3H2,1H3,(H,8,13)(H2,9,10,11,12). The van der Waals surface area contributed by atoms with Crippen molar-refractivity contribution in [2.24, 2.45) is 0 Å². The Bertz CT molecular complexity index is 266. The van der Waals surface area contributed by atoms with Crippen LogP contribution in [0.2, 0.25) is 0 Å². The molecule has 1 aliphatic rings. The number of imide groups is 1. The van der Waals surface area contributed by atoms with Gasteiger partial charge in [0.15, 0.2) is 0 Å². The molecule has 1 atom stereocenters. The molecule has 4 amide bonds. The van der Waals surface area contributed by atoms with E-state index in [0.717, 1.165) is 0 Å². The molecular weight excluding hydrogens is 190 g/mol. The van der Waals surface area contributed by atoms with Crippen molar-refractivity contribution >= 4 is 18.0 Å². The van der Waals surface area contributed by atoms with E-state index in [1.54, 1.807) is 6.92 Å². The van der Waals surface area contributed by atoms with Crippen LogP contribution in [-0.4, -0.2) is 37.2 Å². The van der Waals surface area contributed by atoms with Gasteiger partial charge in [0.05, 0.1) is 13.2 Å². The molecule has 0 aliphatic carbocycles. The molecule has 14 heavy (non-hydrogen) atoms. The van der Waals surface area contributed by atoms with Crippen LogP contribution in [-0.2, 0) is 9.53 Å². The van der Waals surface area contributed by atoms with Gasteiger partial charge < -0.3 is 15.4 Å². The van der Waals surface area contributed by atoms with Crippen LogP contribution in [0.15, 0.2) is 0 Å². The van der Waals surface area contributed by atoms with E-state index in [-0.39, 0.29) is 13.2 Å². The summed E-state index contributed by atoms with van der Waals surface area (Å²) in [4.78, 5) is 32.4. The number of urea groups is 1. The zero-order valence-electron chi connectivity index (χ0n) is 7.62. The Hall–Kier alpha value is -1.79. The van der Waals surface area contributed by atoms with Crippen molar-refractivity contribution < 1.29 is 19.1 Å². The number of nitrogens with one attached hydrogen (secondary N) is 3. The highest BCUT2D eigenvalue weighted by Crippen LogP contribution is 1.91. The molecule has 0 spiro atoms. The van der Waals surface area contributed by atoms with Gasteiger partial charge in [0.1, 0.15) is 6.04 Å². The van der Waals surface area contributed by atoms with E-state index in [1.165, 1.54) is 0 Å². The zero-order valence-corrected chi connectivity index (χ0v) is 7.62. The van der Waals surface area contributed by atoms with Crippen molar-refractivity contribution in [1.29, 1.82) is 0 Å². The minimum atomic E-state index is -0.716. The second-order valence-electron chi connectivity index (χ2n) is 2.62. The first-order valence-electron chi connectivity index (χ1n) is 4.15. The summed E-state index contributed by atoms with van der Waals surface area (Å²) in [6, 6.07) is -1.27. The Morgan fingerprint density at radius 1 is 1.57 bits per heavy atom. The maximum absolute atomic E-state index is 11.0. The van der Waals surface area contributed by atoms with Gasteiger partial charge in [-0.15, -0.1) is 0 Å². The van der Waals surface area contributed by atoms with Crippen LogP contribution in [0.4, 0.5) is 9.59 Å². The van der Waals surface area contributed by atoms with E-state index in [9.17, 15) is 14.4 Å². The van der Waals surface area contributed by atoms with Crippen molar-refractivity contribution in [1.82, 2.24) is 16.0 Å². The molecule has 1 aliphatic heterocycles. The largest absolute Gasteiger partial charge is 0.450 e. The third-order valence-electron chi connectivity index (χ3n) is 1.58. The molecular formula is C7H11N3O4. The molecule has 0 aromatic carbocycles. The number of carbonyl (C=O) groups excluding carboxylic acids is 3. The first-order chi connectivity index (χ1) is 6.63. The van der Waals surface area contributed by atoms with E-state index < -0.39 is 24.1 Å². The Balaban J connectivity index is 2.28. The highest BCUT2D eigenvalue weighted by atomic mass is 16.5. The van der Waals surface area contributed by atoms with Gasteiger partial charge in [0.25, 0.3) is 5.91 Å². The minimum Gasteiger partial charge on any atom is -0.450 e. The highest BCUT2D eigenvalue weighted by Gasteiger charge is 2.29. The van der Waals surface area contributed by atoms with Crippen LogP contribution >= 0.6 is 0 Å². The van der Waals surface area contributed by atoms with E-state index >= 15 is 0 Å². The second-order valence-corrected chi connectivity index (χ2v) is 2.62. The molecule has 1 rings (SSSR count). The summed E-state index contributed by atoms with van der Waals surface area (Å²) < 4.78 is 4.57. The number of rotatable bonds is 3. The molecule has 0 saturated carbocycles. The van der Waals surface area contributed by atoms with Gasteiger partial charge >= 0.3 is 12.1 Å². The monoisotopic (exact) mass is 201 g/mol. The topological polar surface area (TPSA) is 96.5 Å². The van der Waals surface area contributed by atoms with E-state index in [4.69, 9.17) is 0 Å². The highest BCUT2D eigenvalue weighted by molar-refractivity contribution is 6.04. The van der Waals surface area contributed by atoms with Crippen LogP contribution in [0.5, 0.6) is 0 Å². The fourth-order valence-electron chi connectivity index (χ4n) is 0.970. The fraction of sp³-hybridized carbons (Fsp3) is 0.571. The molecule has 1 unspecified atom stereocenters. The van der Waals surface area contributed by atoms with Crippen molar-refractivity contribution in [2.45, 2.75) is 13.0 Å². The molecule has 0 radical (unpaired) electrons. The minimum absolute atomic E-state index is 0.0242. The molecule has 0 aromatic rings. The first kappa shape index (κ1) is 10.3. The molecule has 3 N–H and O–H groups in total. The molecule has 0 aromatic heterocycles. The third-order valence-corrected chi connectivity index (χ3v) is 1.58. The number of alkyl carbamates (subject to hydrolysis) is 1. The van der Waals surface area contributed by atoms with Crippen LogP contribution in [0.1, 0.15) is 6.92 Å². The van der Waals surface area contributed by atoms with Gasteiger partial charge in [0, 0.05) is 0 Å². The average Bonchev–Trinajstić information content (AvgIpc) is 2.42. The Morgan fingerprint density at radius 3 is 2.79 bits per heavy atom. The number of amides is 4. The van der Waals surface area contributed by atoms with Crippen LogP contribution in [0.25, 0.3) is 0 Å². The quantitative estimate of drug-likeness (QED) is 0.507. The fourth-order valence-corrected chi connectivity index (χ4v) is 0.970. The van der Waals surface area contributed by atoms with Gasteiger partial charge in [-0.25, -0.2) is 9.59 Å². The molecule has 1 saturated heterocycles. The molecule has 1 heterocycles. The van der Waals surface area contributed by atoms with E-state index in [0.29, 0.717) is 0 Å². The lowest BCUT2D eigenvalue weighted by Crippen LogP contribution is -2.41. The second kappa shape index (κ2) is 4.45. The molecule has 78 valence electrons. The molecule has 7 nitrogen and oxygen atoms in total. The smallest absolute Gasteiger partial charge is 0.407 e. The zero-order chi connectivity index (χ0) is 10.6. The summed E-state index contributed by atoms with van der Waals surface area (Å²) in [7, 11) is 0. The van der Waals surface area contributed by atoms with Gasteiger partial charge in [0.2, 0.25) is 0 Å². The summed E-state index contributed by atoms with van der Waals surface area (Å²) in [5.41, 5.74) is 0. The van der Waals surface area contributed by atoms with Crippen molar-refractivity contribution in [2.75, 3.05) is 13.2 Å².